The van der Waals surface area contributed by atoms with Crippen LogP contribution in [0.5, 0.6) is 0 Å². The van der Waals surface area contributed by atoms with Crippen molar-refractivity contribution in [2.45, 2.75) is 26.3 Å². The van der Waals surface area contributed by atoms with Crippen LogP contribution in [-0.4, -0.2) is 38.4 Å². The Morgan fingerprint density at radius 2 is 2.00 bits per heavy atom. The molecule has 0 aliphatic carbocycles. The SMILES string of the molecule is Cc1ccc(NC(=O)C(C)NCC2CCS(=O)(=O)C2)cc1. The molecule has 1 heterocycles. The number of rotatable bonds is 5. The van der Waals surface area contributed by atoms with E-state index < -0.39 is 9.84 Å². The smallest absolute Gasteiger partial charge is 0.241 e. The van der Waals surface area contributed by atoms with E-state index in [1.807, 2.05) is 31.2 Å². The second-order valence-electron chi connectivity index (χ2n) is 5.75. The van der Waals surface area contributed by atoms with Gasteiger partial charge in [0.15, 0.2) is 9.84 Å². The number of nitrogens with one attached hydrogen (secondary N) is 2. The van der Waals surface area contributed by atoms with Gasteiger partial charge in [-0.3, -0.25) is 4.79 Å². The molecule has 0 aromatic heterocycles. The Morgan fingerprint density at radius 1 is 1.33 bits per heavy atom. The first-order valence-electron chi connectivity index (χ1n) is 7.17. The molecule has 2 unspecified atom stereocenters. The predicted molar refractivity (Wildman–Crippen MR) is 84.0 cm³/mol. The van der Waals surface area contributed by atoms with Crippen LogP contribution in [0.15, 0.2) is 24.3 Å². The summed E-state index contributed by atoms with van der Waals surface area (Å²) in [4.78, 5) is 12.0. The lowest BCUT2D eigenvalue weighted by Crippen LogP contribution is -2.40. The molecule has 1 saturated heterocycles. The van der Waals surface area contributed by atoms with Gasteiger partial charge in [0.1, 0.15) is 0 Å². The standard InChI is InChI=1S/C15H22N2O3S/c1-11-3-5-14(6-4-11)17-15(18)12(2)16-9-13-7-8-21(19,20)10-13/h3-6,12-13,16H,7-10H2,1-2H3,(H,17,18). The number of hydrogen-bond acceptors (Lipinski definition) is 4. The first kappa shape index (κ1) is 16.0. The fourth-order valence-electron chi connectivity index (χ4n) is 2.36. The van der Waals surface area contributed by atoms with Crippen LogP contribution < -0.4 is 10.6 Å². The Labute approximate surface area is 126 Å². The first-order chi connectivity index (χ1) is 9.85. The molecular weight excluding hydrogens is 288 g/mol. The van der Waals surface area contributed by atoms with Crippen LogP contribution in [0.25, 0.3) is 0 Å². The third kappa shape index (κ3) is 4.82. The largest absolute Gasteiger partial charge is 0.325 e. The molecule has 0 saturated carbocycles. The van der Waals surface area contributed by atoms with Gasteiger partial charge >= 0.3 is 0 Å². The minimum absolute atomic E-state index is 0.111. The number of sulfone groups is 1. The van der Waals surface area contributed by atoms with E-state index in [2.05, 4.69) is 10.6 Å². The van der Waals surface area contributed by atoms with E-state index in [4.69, 9.17) is 0 Å². The summed E-state index contributed by atoms with van der Waals surface area (Å²) in [5.41, 5.74) is 1.91. The van der Waals surface area contributed by atoms with Crippen molar-refractivity contribution in [3.8, 4) is 0 Å². The second-order valence-corrected chi connectivity index (χ2v) is 7.98. The number of amides is 1. The minimum Gasteiger partial charge on any atom is -0.325 e. The van der Waals surface area contributed by atoms with Crippen LogP contribution in [0.2, 0.25) is 0 Å². The quantitative estimate of drug-likeness (QED) is 0.861. The molecule has 1 aromatic rings. The molecule has 1 aromatic carbocycles. The molecule has 1 amide bonds. The maximum atomic E-state index is 12.0. The third-order valence-electron chi connectivity index (χ3n) is 3.75. The normalized spacial score (nSPS) is 21.9. The molecular formula is C15H22N2O3S. The summed E-state index contributed by atoms with van der Waals surface area (Å²) in [5.74, 6) is 0.500. The Hall–Kier alpha value is -1.40. The zero-order valence-corrected chi connectivity index (χ0v) is 13.2. The van der Waals surface area contributed by atoms with E-state index in [9.17, 15) is 13.2 Å². The summed E-state index contributed by atoms with van der Waals surface area (Å²) >= 11 is 0. The summed E-state index contributed by atoms with van der Waals surface area (Å²) < 4.78 is 22.8. The zero-order valence-electron chi connectivity index (χ0n) is 12.4. The van der Waals surface area contributed by atoms with Crippen molar-refractivity contribution in [1.82, 2.24) is 5.32 Å². The van der Waals surface area contributed by atoms with Gasteiger partial charge in [-0.25, -0.2) is 8.42 Å². The Kier molecular flexibility index (Phi) is 5.00. The molecule has 21 heavy (non-hydrogen) atoms. The van der Waals surface area contributed by atoms with Gasteiger partial charge in [0.05, 0.1) is 17.5 Å². The van der Waals surface area contributed by atoms with Crippen molar-refractivity contribution < 1.29 is 13.2 Å². The molecule has 1 aliphatic rings. The van der Waals surface area contributed by atoms with E-state index >= 15 is 0 Å². The van der Waals surface area contributed by atoms with Gasteiger partial charge < -0.3 is 10.6 Å². The number of anilines is 1. The molecule has 5 nitrogen and oxygen atoms in total. The Morgan fingerprint density at radius 3 is 2.57 bits per heavy atom. The average Bonchev–Trinajstić information content (AvgIpc) is 2.78. The summed E-state index contributed by atoms with van der Waals surface area (Å²) in [6.45, 7) is 4.33. The highest BCUT2D eigenvalue weighted by Gasteiger charge is 2.28. The average molecular weight is 310 g/mol. The number of carbonyl (C=O) groups is 1. The summed E-state index contributed by atoms with van der Waals surface area (Å²) in [6.07, 6.45) is 0.682. The predicted octanol–water partition coefficient (Wildman–Crippen LogP) is 1.35. The zero-order chi connectivity index (χ0) is 15.5. The summed E-state index contributed by atoms with van der Waals surface area (Å²) in [5, 5.41) is 5.96. The Bertz CT molecular complexity index is 596. The first-order valence-corrected chi connectivity index (χ1v) is 8.99. The van der Waals surface area contributed by atoms with Crippen LogP contribution >= 0.6 is 0 Å². The molecule has 0 spiro atoms. The summed E-state index contributed by atoms with van der Waals surface area (Å²) in [7, 11) is -2.86. The maximum Gasteiger partial charge on any atom is 0.241 e. The third-order valence-corrected chi connectivity index (χ3v) is 5.59. The number of benzene rings is 1. The van der Waals surface area contributed by atoms with Gasteiger partial charge in [-0.15, -0.1) is 0 Å². The van der Waals surface area contributed by atoms with Crippen LogP contribution in [0, 0.1) is 12.8 Å². The van der Waals surface area contributed by atoms with Gasteiger partial charge in [-0.05, 0) is 44.9 Å². The number of aryl methyl sites for hydroxylation is 1. The van der Waals surface area contributed by atoms with Gasteiger partial charge in [-0.1, -0.05) is 17.7 Å². The minimum atomic E-state index is -2.86. The fourth-order valence-corrected chi connectivity index (χ4v) is 4.22. The number of hydrogen-bond donors (Lipinski definition) is 2. The van der Waals surface area contributed by atoms with Crippen LogP contribution in [-0.2, 0) is 14.6 Å². The van der Waals surface area contributed by atoms with Crippen molar-refractivity contribution in [2.24, 2.45) is 5.92 Å². The molecule has 1 aliphatic heterocycles. The van der Waals surface area contributed by atoms with E-state index in [0.29, 0.717) is 13.0 Å². The topological polar surface area (TPSA) is 75.3 Å². The van der Waals surface area contributed by atoms with Crippen LogP contribution in [0.4, 0.5) is 5.69 Å². The van der Waals surface area contributed by atoms with Crippen molar-refractivity contribution in [1.29, 1.82) is 0 Å². The van der Waals surface area contributed by atoms with E-state index in [1.165, 1.54) is 0 Å². The van der Waals surface area contributed by atoms with Crippen molar-refractivity contribution in [3.63, 3.8) is 0 Å². The highest BCUT2D eigenvalue weighted by atomic mass is 32.2. The van der Waals surface area contributed by atoms with Gasteiger partial charge in [-0.2, -0.15) is 0 Å². The molecule has 2 rings (SSSR count). The molecule has 2 atom stereocenters. The van der Waals surface area contributed by atoms with Crippen molar-refractivity contribution in [2.75, 3.05) is 23.4 Å². The van der Waals surface area contributed by atoms with E-state index in [-0.39, 0.29) is 29.4 Å². The lowest BCUT2D eigenvalue weighted by molar-refractivity contribution is -0.117. The highest BCUT2D eigenvalue weighted by molar-refractivity contribution is 7.91. The lowest BCUT2D eigenvalue weighted by atomic mass is 10.1. The molecule has 0 radical (unpaired) electrons. The number of carbonyl (C=O) groups excluding carboxylic acids is 1. The van der Waals surface area contributed by atoms with Crippen molar-refractivity contribution >= 4 is 21.4 Å². The summed E-state index contributed by atoms with van der Waals surface area (Å²) in [6, 6.07) is 7.26. The molecule has 116 valence electrons. The van der Waals surface area contributed by atoms with E-state index in [0.717, 1.165) is 11.3 Å². The molecule has 2 N–H and O–H groups in total. The highest BCUT2D eigenvalue weighted by Crippen LogP contribution is 2.17. The lowest BCUT2D eigenvalue weighted by Gasteiger charge is -2.16. The monoisotopic (exact) mass is 310 g/mol. The molecule has 6 heteroatoms. The fraction of sp³-hybridized carbons (Fsp3) is 0.533. The van der Waals surface area contributed by atoms with Gasteiger partial charge in [0.25, 0.3) is 0 Å². The molecule has 1 fully saturated rings. The second kappa shape index (κ2) is 6.58. The maximum absolute atomic E-state index is 12.0. The Balaban J connectivity index is 1.79. The van der Waals surface area contributed by atoms with Gasteiger partial charge in [0, 0.05) is 5.69 Å². The molecule has 0 bridgehead atoms. The van der Waals surface area contributed by atoms with Crippen LogP contribution in [0.1, 0.15) is 18.9 Å². The van der Waals surface area contributed by atoms with Gasteiger partial charge in [0.2, 0.25) is 5.91 Å². The van der Waals surface area contributed by atoms with E-state index in [1.54, 1.807) is 6.92 Å². The van der Waals surface area contributed by atoms with Crippen molar-refractivity contribution in [3.05, 3.63) is 29.8 Å². The van der Waals surface area contributed by atoms with Crippen LogP contribution in [0.3, 0.4) is 0 Å².